The number of hydrogen-bond acceptors (Lipinski definition) is 3. The van der Waals surface area contributed by atoms with E-state index in [9.17, 15) is 4.79 Å². The van der Waals surface area contributed by atoms with E-state index in [1.165, 1.54) is 5.56 Å². The number of nitrogens with zero attached hydrogens (tertiary/aromatic N) is 4. The second-order valence-corrected chi connectivity index (χ2v) is 8.14. The number of likely N-dealkylation sites (tertiary alicyclic amines) is 2. The van der Waals surface area contributed by atoms with Crippen LogP contribution in [0.5, 0.6) is 0 Å². The van der Waals surface area contributed by atoms with E-state index >= 15 is 0 Å². The molecule has 2 saturated heterocycles. The Hall–Kier alpha value is -1.88. The van der Waals surface area contributed by atoms with Crippen LogP contribution in [0.3, 0.4) is 0 Å². The first-order valence-corrected chi connectivity index (χ1v) is 9.45. The third kappa shape index (κ3) is 2.95. The lowest BCUT2D eigenvalue weighted by molar-refractivity contribution is -0.147. The van der Waals surface area contributed by atoms with Gasteiger partial charge in [-0.15, -0.1) is 0 Å². The van der Waals surface area contributed by atoms with Gasteiger partial charge in [0.1, 0.15) is 5.65 Å². The molecule has 0 radical (unpaired) electrons. The van der Waals surface area contributed by atoms with Crippen LogP contribution in [-0.4, -0.2) is 50.8 Å². The van der Waals surface area contributed by atoms with Gasteiger partial charge in [0.05, 0.1) is 11.1 Å². The van der Waals surface area contributed by atoms with Crippen LogP contribution in [0.2, 0.25) is 0 Å². The molecule has 134 valence electrons. The molecule has 0 aromatic carbocycles. The van der Waals surface area contributed by atoms with Gasteiger partial charge in [-0.05, 0) is 64.3 Å². The van der Waals surface area contributed by atoms with Crippen molar-refractivity contribution in [2.24, 2.45) is 5.41 Å². The fourth-order valence-corrected chi connectivity index (χ4v) is 4.51. The number of rotatable bonds is 3. The first-order chi connectivity index (χ1) is 12.0. The minimum absolute atomic E-state index is 0.154. The molecule has 1 atom stereocenters. The molecule has 4 rings (SSSR count). The number of fused-ring (bicyclic) bond motifs is 1. The molecule has 2 aliphatic rings. The number of piperidine rings is 1. The molecular weight excluding hydrogens is 312 g/mol. The quantitative estimate of drug-likeness (QED) is 0.863. The fourth-order valence-electron chi connectivity index (χ4n) is 4.51. The highest BCUT2D eigenvalue weighted by Gasteiger charge is 2.48. The summed E-state index contributed by atoms with van der Waals surface area (Å²) in [5, 5.41) is 0. The lowest BCUT2D eigenvalue weighted by atomic mass is 9.78. The van der Waals surface area contributed by atoms with Crippen LogP contribution >= 0.6 is 0 Å². The number of amides is 1. The van der Waals surface area contributed by atoms with Crippen LogP contribution in [0.15, 0.2) is 24.5 Å². The summed E-state index contributed by atoms with van der Waals surface area (Å²) >= 11 is 0. The Morgan fingerprint density at radius 1 is 1.28 bits per heavy atom. The molecule has 2 aliphatic heterocycles. The largest absolute Gasteiger partial charge is 0.340 e. The minimum Gasteiger partial charge on any atom is -0.340 e. The minimum atomic E-state index is -0.154. The summed E-state index contributed by atoms with van der Waals surface area (Å²) in [4.78, 5) is 22.3. The Morgan fingerprint density at radius 3 is 2.92 bits per heavy atom. The predicted molar refractivity (Wildman–Crippen MR) is 98.3 cm³/mol. The third-order valence-corrected chi connectivity index (χ3v) is 5.88. The number of hydrogen-bond donors (Lipinski definition) is 0. The highest BCUT2D eigenvalue weighted by Crippen LogP contribution is 2.41. The van der Waals surface area contributed by atoms with E-state index in [0.29, 0.717) is 11.9 Å². The molecular formula is C20H28N4O. The Balaban J connectivity index is 1.49. The zero-order chi connectivity index (χ0) is 17.6. The summed E-state index contributed by atoms with van der Waals surface area (Å²) in [6.45, 7) is 9.96. The van der Waals surface area contributed by atoms with E-state index in [1.807, 2.05) is 0 Å². The fraction of sp³-hybridized carbons (Fsp3) is 0.600. The van der Waals surface area contributed by atoms with Crippen molar-refractivity contribution in [3.05, 3.63) is 35.8 Å². The Morgan fingerprint density at radius 2 is 2.12 bits per heavy atom. The molecule has 1 spiro atoms. The number of carbonyl (C=O) groups excluding carboxylic acids is 1. The summed E-state index contributed by atoms with van der Waals surface area (Å²) in [7, 11) is 0. The lowest BCUT2D eigenvalue weighted by Gasteiger charge is -2.41. The molecule has 2 aromatic heterocycles. The van der Waals surface area contributed by atoms with Crippen LogP contribution in [0.25, 0.3) is 5.65 Å². The molecule has 5 nitrogen and oxygen atoms in total. The molecule has 0 N–H and O–H groups in total. The standard InChI is InChI=1S/C20H28N4O/c1-15(2)24-8-4-6-20(19(24)25)7-10-22(14-20)12-17-13-23-9-5-16(3)11-18(23)21-17/h5,9,11,13,15H,4,6-8,10,12,14H2,1-3H3/t20-/m1/s1. The van der Waals surface area contributed by atoms with Gasteiger partial charge >= 0.3 is 0 Å². The number of imidazole rings is 1. The molecule has 5 heteroatoms. The second kappa shape index (κ2) is 6.13. The van der Waals surface area contributed by atoms with Crippen molar-refractivity contribution in [2.45, 2.75) is 52.6 Å². The van der Waals surface area contributed by atoms with Crippen molar-refractivity contribution < 1.29 is 4.79 Å². The number of aryl methyl sites for hydroxylation is 1. The summed E-state index contributed by atoms with van der Waals surface area (Å²) < 4.78 is 2.08. The van der Waals surface area contributed by atoms with Crippen LogP contribution < -0.4 is 0 Å². The maximum atomic E-state index is 13.0. The van der Waals surface area contributed by atoms with Crippen LogP contribution in [0.1, 0.15) is 44.4 Å². The second-order valence-electron chi connectivity index (χ2n) is 8.14. The van der Waals surface area contributed by atoms with Gasteiger partial charge in [-0.3, -0.25) is 9.69 Å². The van der Waals surface area contributed by atoms with Crippen LogP contribution in [0.4, 0.5) is 0 Å². The molecule has 0 aliphatic carbocycles. The molecule has 2 fully saturated rings. The van der Waals surface area contributed by atoms with Gasteiger partial charge < -0.3 is 9.30 Å². The zero-order valence-electron chi connectivity index (χ0n) is 15.5. The van der Waals surface area contributed by atoms with Gasteiger partial charge in [-0.25, -0.2) is 4.98 Å². The van der Waals surface area contributed by atoms with Gasteiger partial charge in [0.2, 0.25) is 5.91 Å². The molecule has 0 unspecified atom stereocenters. The molecule has 0 bridgehead atoms. The van der Waals surface area contributed by atoms with E-state index in [1.54, 1.807) is 0 Å². The highest BCUT2D eigenvalue weighted by molar-refractivity contribution is 5.84. The average molecular weight is 340 g/mol. The monoisotopic (exact) mass is 340 g/mol. The number of aromatic nitrogens is 2. The first kappa shape index (κ1) is 16.6. The van der Waals surface area contributed by atoms with Gasteiger partial charge in [0, 0.05) is 38.1 Å². The van der Waals surface area contributed by atoms with Crippen molar-refractivity contribution in [2.75, 3.05) is 19.6 Å². The molecule has 2 aromatic rings. The van der Waals surface area contributed by atoms with E-state index in [0.717, 1.165) is 56.8 Å². The van der Waals surface area contributed by atoms with Crippen molar-refractivity contribution in [1.29, 1.82) is 0 Å². The zero-order valence-corrected chi connectivity index (χ0v) is 15.5. The van der Waals surface area contributed by atoms with Gasteiger partial charge in [-0.2, -0.15) is 0 Å². The SMILES string of the molecule is Cc1ccn2cc(CN3CC[C@]4(CCCN(C(C)C)C4=O)C3)nc2c1. The Labute approximate surface area is 149 Å². The third-order valence-electron chi connectivity index (χ3n) is 5.88. The van der Waals surface area contributed by atoms with Crippen molar-refractivity contribution in [3.63, 3.8) is 0 Å². The van der Waals surface area contributed by atoms with E-state index in [4.69, 9.17) is 4.98 Å². The molecule has 0 saturated carbocycles. The van der Waals surface area contributed by atoms with E-state index in [2.05, 4.69) is 59.5 Å². The van der Waals surface area contributed by atoms with Gasteiger partial charge in [-0.1, -0.05) is 0 Å². The molecule has 1 amide bonds. The van der Waals surface area contributed by atoms with E-state index in [-0.39, 0.29) is 5.41 Å². The highest BCUT2D eigenvalue weighted by atomic mass is 16.2. The van der Waals surface area contributed by atoms with Crippen LogP contribution in [0, 0.1) is 12.3 Å². The normalized spacial score (nSPS) is 25.0. The number of carbonyl (C=O) groups is 1. The summed E-state index contributed by atoms with van der Waals surface area (Å²) in [5.41, 5.74) is 3.17. The van der Waals surface area contributed by atoms with Crippen molar-refractivity contribution in [1.82, 2.24) is 19.2 Å². The Bertz CT molecular complexity index is 796. The molecule has 25 heavy (non-hydrogen) atoms. The topological polar surface area (TPSA) is 40.9 Å². The summed E-state index contributed by atoms with van der Waals surface area (Å²) in [6.07, 6.45) is 7.34. The van der Waals surface area contributed by atoms with Crippen LogP contribution in [-0.2, 0) is 11.3 Å². The Kier molecular flexibility index (Phi) is 4.07. The lowest BCUT2D eigenvalue weighted by Crippen LogP contribution is -2.52. The summed E-state index contributed by atoms with van der Waals surface area (Å²) in [5.74, 6) is 0.377. The average Bonchev–Trinajstić information content (AvgIpc) is 3.14. The first-order valence-electron chi connectivity index (χ1n) is 9.45. The summed E-state index contributed by atoms with van der Waals surface area (Å²) in [6, 6.07) is 4.52. The van der Waals surface area contributed by atoms with Gasteiger partial charge in [0.15, 0.2) is 0 Å². The van der Waals surface area contributed by atoms with Gasteiger partial charge in [0.25, 0.3) is 0 Å². The van der Waals surface area contributed by atoms with E-state index < -0.39 is 0 Å². The smallest absolute Gasteiger partial charge is 0.230 e. The maximum absolute atomic E-state index is 13.0. The van der Waals surface area contributed by atoms with Crippen molar-refractivity contribution in [3.8, 4) is 0 Å². The molecule has 4 heterocycles. The van der Waals surface area contributed by atoms with Crippen molar-refractivity contribution >= 4 is 11.6 Å². The number of pyridine rings is 1. The predicted octanol–water partition coefficient (Wildman–Crippen LogP) is 2.87. The maximum Gasteiger partial charge on any atom is 0.230 e.